The predicted octanol–water partition coefficient (Wildman–Crippen LogP) is -1.54. The van der Waals surface area contributed by atoms with E-state index in [-0.39, 0.29) is 0 Å². The summed E-state index contributed by atoms with van der Waals surface area (Å²) in [4.78, 5) is 0. The normalized spacial score (nSPS) is 16.8. The Labute approximate surface area is 95.7 Å². The molecule has 1 aliphatic rings. The van der Waals surface area contributed by atoms with E-state index in [1.807, 2.05) is 6.07 Å². The first-order valence-electron chi connectivity index (χ1n) is 4.95. The van der Waals surface area contributed by atoms with Crippen molar-refractivity contribution in [3.8, 4) is 0 Å². The van der Waals surface area contributed by atoms with Gasteiger partial charge in [0, 0.05) is 12.1 Å². The lowest BCUT2D eigenvalue weighted by atomic mass is 10.1. The minimum absolute atomic E-state index is 0.705. The summed E-state index contributed by atoms with van der Waals surface area (Å²) in [7, 11) is -4.94. The quantitative estimate of drug-likeness (QED) is 0.561. The van der Waals surface area contributed by atoms with Crippen LogP contribution in [-0.2, 0) is 0 Å². The molecule has 0 N–H and O–H groups in total. The van der Waals surface area contributed by atoms with Crippen molar-refractivity contribution >= 4 is 0 Å². The highest BCUT2D eigenvalue weighted by Gasteiger charge is 2.25. The van der Waals surface area contributed by atoms with E-state index in [0.29, 0.717) is 5.92 Å². The SMILES string of the molecule is [O-][Cl+3]([O-])([O-])[O-].c1ccc(C2CCCC2)[o+]c1. The molecular formula is C10H13ClO5. The molecule has 0 amide bonds. The monoisotopic (exact) mass is 248 g/mol. The summed E-state index contributed by atoms with van der Waals surface area (Å²) in [6, 6.07) is 6.07. The van der Waals surface area contributed by atoms with Gasteiger partial charge in [-0.05, 0) is 18.9 Å². The van der Waals surface area contributed by atoms with Gasteiger partial charge in [-0.25, -0.2) is 23.1 Å². The first kappa shape index (κ1) is 13.3. The predicted molar refractivity (Wildman–Crippen MR) is 44.3 cm³/mol. The minimum Gasteiger partial charge on any atom is -0.222 e. The molecule has 0 unspecified atom stereocenters. The van der Waals surface area contributed by atoms with Crippen LogP contribution in [-0.4, -0.2) is 0 Å². The Hall–Kier alpha value is -0.720. The van der Waals surface area contributed by atoms with Crippen LogP contribution in [0.25, 0.3) is 0 Å². The van der Waals surface area contributed by atoms with E-state index < -0.39 is 10.2 Å². The second-order valence-electron chi connectivity index (χ2n) is 3.57. The third-order valence-electron chi connectivity index (χ3n) is 2.41. The summed E-state index contributed by atoms with van der Waals surface area (Å²) < 4.78 is 39.4. The van der Waals surface area contributed by atoms with Crippen LogP contribution in [0.5, 0.6) is 0 Å². The van der Waals surface area contributed by atoms with Crippen molar-refractivity contribution in [2.45, 2.75) is 31.6 Å². The molecule has 5 nitrogen and oxygen atoms in total. The van der Waals surface area contributed by atoms with Crippen LogP contribution >= 0.6 is 0 Å². The number of rotatable bonds is 1. The van der Waals surface area contributed by atoms with Crippen LogP contribution in [0, 0.1) is 10.2 Å². The highest BCUT2D eigenvalue weighted by atomic mass is 35.7. The minimum atomic E-state index is -4.94. The zero-order valence-electron chi connectivity index (χ0n) is 8.63. The molecule has 2 rings (SSSR count). The number of hydrogen-bond acceptors (Lipinski definition) is 4. The van der Waals surface area contributed by atoms with Crippen molar-refractivity contribution in [3.05, 3.63) is 30.2 Å². The van der Waals surface area contributed by atoms with Crippen LogP contribution < -0.4 is 18.6 Å². The van der Waals surface area contributed by atoms with Crippen LogP contribution in [0.1, 0.15) is 37.4 Å². The van der Waals surface area contributed by atoms with E-state index in [4.69, 9.17) is 23.1 Å². The molecular weight excluding hydrogens is 236 g/mol. The zero-order valence-corrected chi connectivity index (χ0v) is 9.39. The average molecular weight is 249 g/mol. The van der Waals surface area contributed by atoms with Gasteiger partial charge in [0.05, 0.1) is 5.92 Å². The molecule has 16 heavy (non-hydrogen) atoms. The Kier molecular flexibility index (Phi) is 5.11. The molecule has 0 radical (unpaired) electrons. The van der Waals surface area contributed by atoms with Crippen molar-refractivity contribution in [2.24, 2.45) is 0 Å². The van der Waals surface area contributed by atoms with E-state index >= 15 is 0 Å². The number of hydrogen-bond donors (Lipinski definition) is 0. The van der Waals surface area contributed by atoms with Gasteiger partial charge in [-0.2, -0.15) is 0 Å². The van der Waals surface area contributed by atoms with Crippen molar-refractivity contribution in [3.63, 3.8) is 0 Å². The van der Waals surface area contributed by atoms with Crippen molar-refractivity contribution in [2.75, 3.05) is 0 Å². The molecule has 0 atom stereocenters. The zero-order chi connectivity index (χ0) is 12.0. The molecule has 1 aliphatic carbocycles. The van der Waals surface area contributed by atoms with Gasteiger partial charge in [-0.3, -0.25) is 0 Å². The summed E-state index contributed by atoms with van der Waals surface area (Å²) >= 11 is 0. The van der Waals surface area contributed by atoms with Gasteiger partial charge >= 0.3 is 12.0 Å². The van der Waals surface area contributed by atoms with E-state index in [0.717, 1.165) is 0 Å². The molecule has 1 aromatic heterocycles. The molecule has 0 aromatic carbocycles. The van der Waals surface area contributed by atoms with Gasteiger partial charge in [-0.15, -0.1) is 10.2 Å². The molecule has 0 aliphatic heterocycles. The lowest BCUT2D eigenvalue weighted by molar-refractivity contribution is -2.00. The summed E-state index contributed by atoms with van der Waals surface area (Å²) in [6.07, 6.45) is 7.14. The smallest absolute Gasteiger partial charge is 0.222 e. The highest BCUT2D eigenvalue weighted by Crippen LogP contribution is 2.33. The maximum Gasteiger partial charge on any atom is 0.332 e. The Bertz CT molecular complexity index is 286. The van der Waals surface area contributed by atoms with Gasteiger partial charge < -0.3 is 0 Å². The summed E-state index contributed by atoms with van der Waals surface area (Å²) in [5.74, 6) is 1.88. The van der Waals surface area contributed by atoms with E-state index in [1.165, 1.54) is 31.4 Å². The van der Waals surface area contributed by atoms with Gasteiger partial charge in [-0.1, -0.05) is 12.8 Å². The lowest BCUT2D eigenvalue weighted by Gasteiger charge is -2.17. The van der Waals surface area contributed by atoms with E-state index in [1.54, 1.807) is 6.26 Å². The highest BCUT2D eigenvalue weighted by molar-refractivity contribution is 5.06. The Morgan fingerprint density at radius 3 is 2.06 bits per heavy atom. The second-order valence-corrected chi connectivity index (χ2v) is 4.32. The van der Waals surface area contributed by atoms with Gasteiger partial charge in [0.25, 0.3) is 0 Å². The Morgan fingerprint density at radius 2 is 1.62 bits per heavy atom. The first-order valence-corrected chi connectivity index (χ1v) is 6.19. The fraction of sp³-hybridized carbons (Fsp3) is 0.500. The van der Waals surface area contributed by atoms with Crippen LogP contribution in [0.4, 0.5) is 0 Å². The molecule has 1 aromatic rings. The topological polar surface area (TPSA) is 104 Å². The van der Waals surface area contributed by atoms with Crippen LogP contribution in [0.15, 0.2) is 28.9 Å². The molecule has 1 fully saturated rings. The van der Waals surface area contributed by atoms with Crippen molar-refractivity contribution in [1.29, 1.82) is 0 Å². The summed E-state index contributed by atoms with van der Waals surface area (Å²) in [5.41, 5.74) is 0. The first-order chi connectivity index (χ1) is 7.47. The second kappa shape index (κ2) is 6.12. The van der Waals surface area contributed by atoms with Gasteiger partial charge in [0.1, 0.15) is 0 Å². The van der Waals surface area contributed by atoms with Crippen molar-refractivity contribution < 1.29 is 33.3 Å². The van der Waals surface area contributed by atoms with Gasteiger partial charge in [0.15, 0.2) is 0 Å². The van der Waals surface area contributed by atoms with Crippen LogP contribution in [0.3, 0.4) is 0 Å². The average Bonchev–Trinajstić information content (AvgIpc) is 2.69. The van der Waals surface area contributed by atoms with E-state index in [9.17, 15) is 0 Å². The lowest BCUT2D eigenvalue weighted by Crippen LogP contribution is -2.68. The van der Waals surface area contributed by atoms with E-state index in [2.05, 4.69) is 12.1 Å². The Balaban J connectivity index is 0.000000221. The van der Waals surface area contributed by atoms with Crippen LogP contribution in [0.2, 0.25) is 0 Å². The molecule has 0 spiro atoms. The molecule has 0 saturated heterocycles. The van der Waals surface area contributed by atoms with Crippen molar-refractivity contribution in [1.82, 2.24) is 0 Å². The third kappa shape index (κ3) is 5.99. The molecule has 1 heterocycles. The maximum atomic E-state index is 8.49. The fourth-order valence-corrected chi connectivity index (χ4v) is 1.80. The molecule has 0 bridgehead atoms. The largest absolute Gasteiger partial charge is 0.332 e. The van der Waals surface area contributed by atoms with Gasteiger partial charge in [0.2, 0.25) is 0 Å². The summed E-state index contributed by atoms with van der Waals surface area (Å²) in [6.45, 7) is 0. The molecule has 6 heteroatoms. The molecule has 1 saturated carbocycles. The maximum absolute atomic E-state index is 8.49. The number of halogens is 1. The Morgan fingerprint density at radius 1 is 1.06 bits per heavy atom. The molecule has 90 valence electrons. The fourth-order valence-electron chi connectivity index (χ4n) is 1.80. The summed E-state index contributed by atoms with van der Waals surface area (Å²) in [5, 5.41) is 0. The third-order valence-corrected chi connectivity index (χ3v) is 2.41. The standard InChI is InChI=1S/C10H13O.ClHO4/c1-2-6-9(5-1)10-7-3-4-8-11-10;2-1(3,4)5/h3-4,7-9H,1-2,5-6H2;(H,2,3,4,5)/q+1;/p-1.